The van der Waals surface area contributed by atoms with E-state index in [0.717, 1.165) is 83.5 Å². The summed E-state index contributed by atoms with van der Waals surface area (Å²) in [6.07, 6.45) is 42.7. The molecule has 0 aromatic heterocycles. The maximum absolute atomic E-state index is 12.7. The fourth-order valence-electron chi connectivity index (χ4n) is 5.18. The van der Waals surface area contributed by atoms with E-state index >= 15 is 0 Å². The first kappa shape index (κ1) is 45.1. The Morgan fingerprint density at radius 2 is 1.21 bits per heavy atom. The van der Waals surface area contributed by atoms with Gasteiger partial charge in [0.2, 0.25) is 5.91 Å². The summed E-state index contributed by atoms with van der Waals surface area (Å²) in [6.45, 7) is 4.76. The molecule has 0 saturated carbocycles. The van der Waals surface area contributed by atoms with Crippen molar-refractivity contribution in [3.8, 4) is 0 Å². The number of nitrogens with two attached hydrogens (primary N) is 1. The van der Waals surface area contributed by atoms with Crippen molar-refractivity contribution in [1.29, 1.82) is 0 Å². The highest BCUT2D eigenvalue weighted by atomic mass is 16.5. The molecule has 4 N–H and O–H groups in total. The molecule has 0 bridgehead atoms. The predicted octanol–water partition coefficient (Wildman–Crippen LogP) is 10.2. The highest BCUT2D eigenvalue weighted by molar-refractivity contribution is 5.83. The molecule has 2 atom stereocenters. The molecular weight excluding hydrogens is 600 g/mol. The molecule has 2 unspecified atom stereocenters. The molecule has 0 aromatic carbocycles. The Morgan fingerprint density at radius 3 is 1.85 bits per heavy atom. The van der Waals surface area contributed by atoms with Crippen LogP contribution in [0.4, 0.5) is 0 Å². The van der Waals surface area contributed by atoms with E-state index in [0.29, 0.717) is 38.6 Å². The Balaban J connectivity index is 4.39. The molecule has 0 aliphatic heterocycles. The highest BCUT2D eigenvalue weighted by Crippen LogP contribution is 2.14. The van der Waals surface area contributed by atoms with Gasteiger partial charge in [-0.1, -0.05) is 113 Å². The van der Waals surface area contributed by atoms with Crippen LogP contribution in [0, 0.1) is 0 Å². The summed E-state index contributed by atoms with van der Waals surface area (Å²) < 4.78 is 5.88. The summed E-state index contributed by atoms with van der Waals surface area (Å²) in [5.74, 6) is -1.38. The fraction of sp³-hybridized carbons (Fsp3) is 0.683. The molecule has 0 aliphatic carbocycles. The highest BCUT2D eigenvalue weighted by Gasteiger charge is 2.19. The topological polar surface area (TPSA) is 119 Å². The van der Waals surface area contributed by atoms with Gasteiger partial charge in [-0.25, -0.2) is 4.79 Å². The average Bonchev–Trinajstić information content (AvgIpc) is 3.07. The van der Waals surface area contributed by atoms with E-state index in [2.05, 4.69) is 73.8 Å². The van der Waals surface area contributed by atoms with Gasteiger partial charge in [0.05, 0.1) is 0 Å². The van der Waals surface area contributed by atoms with Gasteiger partial charge < -0.3 is 20.9 Å². The lowest BCUT2D eigenvalue weighted by Crippen LogP contribution is -2.40. The van der Waals surface area contributed by atoms with E-state index in [9.17, 15) is 19.5 Å². The van der Waals surface area contributed by atoms with Gasteiger partial charge >= 0.3 is 11.9 Å². The predicted molar refractivity (Wildman–Crippen MR) is 202 cm³/mol. The van der Waals surface area contributed by atoms with Crippen molar-refractivity contribution in [2.75, 3.05) is 6.54 Å². The molecule has 0 rings (SSSR count). The zero-order chi connectivity index (χ0) is 35.3. The SMILES string of the molecule is CC/C=C\C/C=C\C/C=C\CCCCCCCC(=O)OC(/C=C\C/C=C\CCCCC)CCCCCCC(=O)NC(CCCN)C(=O)O. The Bertz CT molecular complexity index is 937. The minimum atomic E-state index is -1.02. The van der Waals surface area contributed by atoms with E-state index in [4.69, 9.17) is 10.5 Å². The van der Waals surface area contributed by atoms with Crippen molar-refractivity contribution >= 4 is 17.8 Å². The molecule has 0 radical (unpaired) electrons. The Labute approximate surface area is 293 Å². The lowest BCUT2D eigenvalue weighted by atomic mass is 10.1. The summed E-state index contributed by atoms with van der Waals surface area (Å²) >= 11 is 0. The van der Waals surface area contributed by atoms with E-state index < -0.39 is 12.0 Å². The van der Waals surface area contributed by atoms with Gasteiger partial charge in [0.1, 0.15) is 12.1 Å². The number of amides is 1. The number of hydrogen-bond donors (Lipinski definition) is 3. The normalized spacial score (nSPS) is 13.4. The van der Waals surface area contributed by atoms with Crippen molar-refractivity contribution in [1.82, 2.24) is 5.32 Å². The number of unbranched alkanes of at least 4 members (excludes halogenated alkanes) is 11. The number of carbonyl (C=O) groups is 3. The van der Waals surface area contributed by atoms with Gasteiger partial charge in [-0.15, -0.1) is 0 Å². The summed E-state index contributed by atoms with van der Waals surface area (Å²) in [5.41, 5.74) is 5.47. The molecular formula is C41H70N2O5. The second-order valence-electron chi connectivity index (χ2n) is 12.6. The van der Waals surface area contributed by atoms with Crippen molar-refractivity contribution in [2.45, 2.75) is 174 Å². The van der Waals surface area contributed by atoms with Gasteiger partial charge in [0.25, 0.3) is 0 Å². The Kier molecular flexibility index (Phi) is 33.2. The third kappa shape index (κ3) is 31.7. The maximum atomic E-state index is 12.7. The summed E-state index contributed by atoms with van der Waals surface area (Å²) in [7, 11) is 0. The fourth-order valence-corrected chi connectivity index (χ4v) is 5.18. The maximum Gasteiger partial charge on any atom is 0.326 e. The van der Waals surface area contributed by atoms with Crippen LogP contribution >= 0.6 is 0 Å². The standard InChI is InChI=1S/C41H70N2O5/c1-3-5-7-9-11-13-14-15-16-17-18-19-21-23-29-35-40(45)48-37(31-26-22-20-12-10-8-6-4-2)32-27-24-25-28-34-39(44)43-38(41(46)47)33-30-36-42/h5,7,11-13,15-16,20,26,31,37-38H,3-4,6,8-10,14,17-19,21-25,27-30,32-36,42H2,1-2H3,(H,43,44)(H,46,47)/b7-5-,13-11-,16-15-,20-12-,31-26-. The van der Waals surface area contributed by atoms with Crippen LogP contribution in [0.3, 0.4) is 0 Å². The van der Waals surface area contributed by atoms with E-state index in [1.807, 2.05) is 6.08 Å². The van der Waals surface area contributed by atoms with Crippen LogP contribution in [-0.2, 0) is 19.1 Å². The van der Waals surface area contributed by atoms with E-state index in [1.165, 1.54) is 32.1 Å². The minimum Gasteiger partial charge on any atom is -0.480 e. The van der Waals surface area contributed by atoms with Gasteiger partial charge in [-0.2, -0.15) is 0 Å². The van der Waals surface area contributed by atoms with Crippen LogP contribution in [0.5, 0.6) is 0 Å². The first-order chi connectivity index (χ1) is 23.4. The number of nitrogens with one attached hydrogen (secondary N) is 1. The molecule has 0 heterocycles. The molecule has 48 heavy (non-hydrogen) atoms. The number of esters is 1. The summed E-state index contributed by atoms with van der Waals surface area (Å²) in [6, 6.07) is -0.877. The minimum absolute atomic E-state index is 0.125. The van der Waals surface area contributed by atoms with Gasteiger partial charge in [-0.05, 0) is 103 Å². The van der Waals surface area contributed by atoms with Crippen LogP contribution < -0.4 is 11.1 Å². The Morgan fingerprint density at radius 1 is 0.646 bits per heavy atom. The molecule has 0 spiro atoms. The van der Waals surface area contributed by atoms with E-state index in [1.54, 1.807) is 0 Å². The van der Waals surface area contributed by atoms with Gasteiger partial charge in [0, 0.05) is 12.8 Å². The number of ether oxygens (including phenoxy) is 1. The monoisotopic (exact) mass is 671 g/mol. The largest absolute Gasteiger partial charge is 0.480 e. The molecule has 274 valence electrons. The van der Waals surface area contributed by atoms with Crippen molar-refractivity contribution in [3.05, 3.63) is 60.8 Å². The number of carboxylic acid groups (broad SMARTS) is 1. The molecule has 0 aliphatic rings. The van der Waals surface area contributed by atoms with E-state index in [-0.39, 0.29) is 18.0 Å². The first-order valence-electron chi connectivity index (χ1n) is 19.1. The second kappa shape index (κ2) is 35.4. The smallest absolute Gasteiger partial charge is 0.326 e. The lowest BCUT2D eigenvalue weighted by molar-refractivity contribution is -0.147. The van der Waals surface area contributed by atoms with Crippen LogP contribution in [-0.4, -0.2) is 41.6 Å². The van der Waals surface area contributed by atoms with Crippen LogP contribution in [0.15, 0.2) is 60.8 Å². The third-order valence-corrected chi connectivity index (χ3v) is 8.05. The van der Waals surface area contributed by atoms with Crippen LogP contribution in [0.2, 0.25) is 0 Å². The first-order valence-corrected chi connectivity index (χ1v) is 19.1. The van der Waals surface area contributed by atoms with Crippen molar-refractivity contribution in [3.63, 3.8) is 0 Å². The lowest BCUT2D eigenvalue weighted by Gasteiger charge is -2.15. The second-order valence-corrected chi connectivity index (χ2v) is 12.6. The van der Waals surface area contributed by atoms with Crippen molar-refractivity contribution in [2.24, 2.45) is 5.73 Å². The quantitative estimate of drug-likeness (QED) is 0.0363. The molecule has 7 nitrogen and oxygen atoms in total. The summed E-state index contributed by atoms with van der Waals surface area (Å²) in [5, 5.41) is 11.9. The molecule has 0 saturated heterocycles. The third-order valence-electron chi connectivity index (χ3n) is 8.05. The molecule has 0 fully saturated rings. The number of aliphatic carboxylic acids is 1. The number of carbonyl (C=O) groups excluding carboxylic acids is 2. The average molecular weight is 671 g/mol. The number of carboxylic acids is 1. The summed E-state index contributed by atoms with van der Waals surface area (Å²) in [4.78, 5) is 36.2. The van der Waals surface area contributed by atoms with Gasteiger partial charge in [0.15, 0.2) is 0 Å². The van der Waals surface area contributed by atoms with Crippen molar-refractivity contribution < 1.29 is 24.2 Å². The molecule has 1 amide bonds. The number of rotatable bonds is 33. The number of allylic oxidation sites excluding steroid dienone is 9. The van der Waals surface area contributed by atoms with Crippen LogP contribution in [0.1, 0.15) is 162 Å². The van der Waals surface area contributed by atoms with Crippen LogP contribution in [0.25, 0.3) is 0 Å². The Hall–Kier alpha value is -2.93. The van der Waals surface area contributed by atoms with Gasteiger partial charge in [-0.3, -0.25) is 9.59 Å². The zero-order valence-corrected chi connectivity index (χ0v) is 30.6. The zero-order valence-electron chi connectivity index (χ0n) is 30.6. The molecule has 0 aromatic rings. The molecule has 7 heteroatoms. The number of hydrogen-bond acceptors (Lipinski definition) is 5.